The van der Waals surface area contributed by atoms with Crippen LogP contribution in [0.4, 0.5) is 13.2 Å². The summed E-state index contributed by atoms with van der Waals surface area (Å²) in [6.45, 7) is 2.37. The van der Waals surface area contributed by atoms with Crippen molar-refractivity contribution in [2.75, 3.05) is 13.2 Å². The van der Waals surface area contributed by atoms with E-state index in [1.165, 1.54) is 23.9 Å². The first-order valence-corrected chi connectivity index (χ1v) is 12.0. The van der Waals surface area contributed by atoms with Crippen LogP contribution in [0.25, 0.3) is 5.69 Å². The maximum atomic E-state index is 14.0. The topological polar surface area (TPSA) is 66.2 Å². The molecule has 0 fully saturated rings. The monoisotopic (exact) mass is 509 g/mol. The van der Waals surface area contributed by atoms with Crippen LogP contribution >= 0.6 is 23.4 Å². The van der Waals surface area contributed by atoms with Crippen molar-refractivity contribution < 1.29 is 27.4 Å². The number of esters is 1. The van der Waals surface area contributed by atoms with Gasteiger partial charge in [-0.2, -0.15) is 13.2 Å². The number of ether oxygens (including phenoxy) is 2. The molecule has 11 heteroatoms. The number of para-hydroxylation sites is 1. The van der Waals surface area contributed by atoms with Crippen LogP contribution < -0.4 is 4.74 Å². The summed E-state index contributed by atoms with van der Waals surface area (Å²) >= 11 is 7.63. The number of aromatic nitrogens is 3. The molecule has 0 unspecified atom stereocenters. The molecule has 2 aliphatic heterocycles. The maximum Gasteiger partial charge on any atom is 0.452 e. The summed E-state index contributed by atoms with van der Waals surface area (Å²) in [6, 6.07) is 10.5. The number of nitrogens with zero attached hydrogens (tertiary/aromatic N) is 3. The Balaban J connectivity index is 1.74. The summed E-state index contributed by atoms with van der Waals surface area (Å²) in [5.74, 6) is -0.935. The number of benzene rings is 2. The first-order valence-electron chi connectivity index (χ1n) is 10.7. The predicted molar refractivity (Wildman–Crippen MR) is 120 cm³/mol. The number of alkyl halides is 3. The van der Waals surface area contributed by atoms with Gasteiger partial charge < -0.3 is 9.47 Å². The number of carbonyl (C=O) groups is 1. The zero-order chi connectivity index (χ0) is 24.0. The molecule has 3 aromatic rings. The molecular weight excluding hydrogens is 491 g/mol. The standard InChI is InChI=1S/C23H19ClF3N3O3S/c1-2-32-18(31)11-17-21-28-29-22(23(25,26)27)30(21)16-7-6-13(24)10-15(16)20(34-17)14-5-3-4-12-8-9-33-19(12)14/h3-7,10,17,20H,2,8-9,11H2,1H3/t17-,20-/m1/s1. The molecule has 2 atom stereocenters. The van der Waals surface area contributed by atoms with Gasteiger partial charge in [0, 0.05) is 17.0 Å². The molecule has 0 spiro atoms. The van der Waals surface area contributed by atoms with E-state index in [1.54, 1.807) is 13.0 Å². The Hall–Kier alpha value is -2.72. The third kappa shape index (κ3) is 4.02. The Bertz CT molecular complexity index is 1260. The van der Waals surface area contributed by atoms with Crippen molar-refractivity contribution in [3.63, 3.8) is 0 Å². The van der Waals surface area contributed by atoms with Crippen LogP contribution in [-0.4, -0.2) is 33.9 Å². The van der Waals surface area contributed by atoms with Gasteiger partial charge in [-0.25, -0.2) is 0 Å². The molecule has 0 aliphatic carbocycles. The Morgan fingerprint density at radius 2 is 2.09 bits per heavy atom. The van der Waals surface area contributed by atoms with Crippen molar-refractivity contribution in [3.8, 4) is 11.4 Å². The largest absolute Gasteiger partial charge is 0.493 e. The Morgan fingerprint density at radius 3 is 2.85 bits per heavy atom. The Labute approximate surface area is 202 Å². The normalized spacial score (nSPS) is 19.0. The lowest BCUT2D eigenvalue weighted by atomic mass is 9.99. The molecule has 2 aliphatic rings. The second-order valence-electron chi connectivity index (χ2n) is 7.87. The van der Waals surface area contributed by atoms with E-state index in [0.717, 1.165) is 27.9 Å². The maximum absolute atomic E-state index is 14.0. The van der Waals surface area contributed by atoms with Crippen molar-refractivity contribution in [1.29, 1.82) is 0 Å². The average molecular weight is 510 g/mol. The molecule has 5 rings (SSSR count). The van der Waals surface area contributed by atoms with E-state index in [0.29, 0.717) is 17.2 Å². The van der Waals surface area contributed by atoms with Crippen LogP contribution in [0, 0.1) is 0 Å². The zero-order valence-electron chi connectivity index (χ0n) is 17.9. The lowest BCUT2D eigenvalue weighted by Crippen LogP contribution is -2.17. The van der Waals surface area contributed by atoms with E-state index in [9.17, 15) is 18.0 Å². The summed E-state index contributed by atoms with van der Waals surface area (Å²) < 4.78 is 53.9. The van der Waals surface area contributed by atoms with Crippen molar-refractivity contribution in [2.24, 2.45) is 0 Å². The number of halogens is 4. The molecule has 0 saturated carbocycles. The molecule has 34 heavy (non-hydrogen) atoms. The predicted octanol–water partition coefficient (Wildman–Crippen LogP) is 5.70. The fourth-order valence-corrected chi connectivity index (χ4v) is 6.05. The lowest BCUT2D eigenvalue weighted by Gasteiger charge is -2.22. The number of hydrogen-bond acceptors (Lipinski definition) is 6. The van der Waals surface area contributed by atoms with Gasteiger partial charge in [-0.05, 0) is 36.2 Å². The quantitative estimate of drug-likeness (QED) is 0.420. The van der Waals surface area contributed by atoms with Crippen LogP contribution in [0.2, 0.25) is 5.02 Å². The van der Waals surface area contributed by atoms with Crippen LogP contribution in [0.3, 0.4) is 0 Å². The van der Waals surface area contributed by atoms with Crippen LogP contribution in [-0.2, 0) is 22.1 Å². The molecule has 2 aromatic carbocycles. The van der Waals surface area contributed by atoms with Gasteiger partial charge in [0.05, 0.1) is 35.8 Å². The van der Waals surface area contributed by atoms with Crippen molar-refractivity contribution in [2.45, 2.75) is 36.4 Å². The molecule has 0 radical (unpaired) electrons. The highest BCUT2D eigenvalue weighted by atomic mass is 35.5. The molecule has 0 bridgehead atoms. The average Bonchev–Trinajstić information content (AvgIpc) is 3.41. The number of fused-ring (bicyclic) bond motifs is 4. The Morgan fingerprint density at radius 1 is 1.26 bits per heavy atom. The minimum atomic E-state index is -4.75. The van der Waals surface area contributed by atoms with Gasteiger partial charge in [-0.3, -0.25) is 9.36 Å². The number of thioether (sulfide) groups is 1. The van der Waals surface area contributed by atoms with Gasteiger partial charge in [0.15, 0.2) is 5.82 Å². The summed E-state index contributed by atoms with van der Waals surface area (Å²) in [7, 11) is 0. The minimum Gasteiger partial charge on any atom is -0.493 e. The molecule has 6 nitrogen and oxygen atoms in total. The summed E-state index contributed by atoms with van der Waals surface area (Å²) in [4.78, 5) is 12.4. The van der Waals surface area contributed by atoms with Crippen LogP contribution in [0.15, 0.2) is 36.4 Å². The smallest absolute Gasteiger partial charge is 0.452 e. The molecule has 1 aromatic heterocycles. The van der Waals surface area contributed by atoms with Gasteiger partial charge in [-0.1, -0.05) is 29.8 Å². The zero-order valence-corrected chi connectivity index (χ0v) is 19.5. The first-order chi connectivity index (χ1) is 16.3. The van der Waals surface area contributed by atoms with Gasteiger partial charge >= 0.3 is 12.1 Å². The van der Waals surface area contributed by atoms with Crippen molar-refractivity contribution in [1.82, 2.24) is 14.8 Å². The van der Waals surface area contributed by atoms with Gasteiger partial charge in [-0.15, -0.1) is 22.0 Å². The minimum absolute atomic E-state index is 0.0324. The fraction of sp³-hybridized carbons (Fsp3) is 0.348. The van der Waals surface area contributed by atoms with Gasteiger partial charge in [0.1, 0.15) is 5.75 Å². The molecular formula is C23H19ClF3N3O3S. The van der Waals surface area contributed by atoms with E-state index >= 15 is 0 Å². The van der Waals surface area contributed by atoms with Crippen molar-refractivity contribution in [3.05, 3.63) is 69.8 Å². The summed E-state index contributed by atoms with van der Waals surface area (Å²) in [5.41, 5.74) is 2.66. The van der Waals surface area contributed by atoms with E-state index in [4.69, 9.17) is 21.1 Å². The molecule has 3 heterocycles. The van der Waals surface area contributed by atoms with E-state index in [1.807, 2.05) is 18.2 Å². The first kappa shape index (κ1) is 23.0. The summed E-state index contributed by atoms with van der Waals surface area (Å²) in [6.07, 6.45) is -4.17. The molecule has 0 saturated heterocycles. The lowest BCUT2D eigenvalue weighted by molar-refractivity contribution is -0.146. The molecule has 0 N–H and O–H groups in total. The number of hydrogen-bond donors (Lipinski definition) is 0. The highest BCUT2D eigenvalue weighted by Crippen LogP contribution is 2.54. The molecule has 0 amide bonds. The third-order valence-corrected chi connectivity index (χ3v) is 7.45. The Kier molecular flexibility index (Phi) is 5.97. The third-order valence-electron chi connectivity index (χ3n) is 5.73. The van der Waals surface area contributed by atoms with E-state index in [2.05, 4.69) is 10.2 Å². The van der Waals surface area contributed by atoms with Crippen LogP contribution in [0.5, 0.6) is 5.75 Å². The van der Waals surface area contributed by atoms with Crippen molar-refractivity contribution >= 4 is 29.3 Å². The second-order valence-corrected chi connectivity index (χ2v) is 9.62. The van der Waals surface area contributed by atoms with E-state index < -0.39 is 28.5 Å². The second kappa shape index (κ2) is 8.81. The highest BCUT2D eigenvalue weighted by Gasteiger charge is 2.43. The van der Waals surface area contributed by atoms with Crippen LogP contribution in [0.1, 0.15) is 52.2 Å². The number of carbonyl (C=O) groups excluding carboxylic acids is 1. The van der Waals surface area contributed by atoms with E-state index in [-0.39, 0.29) is 24.5 Å². The fourth-order valence-electron chi connectivity index (χ4n) is 4.36. The van der Waals surface area contributed by atoms with Gasteiger partial charge in [0.25, 0.3) is 0 Å². The summed E-state index contributed by atoms with van der Waals surface area (Å²) in [5, 5.41) is 6.51. The highest BCUT2D eigenvalue weighted by molar-refractivity contribution is 8.00. The molecule has 178 valence electrons. The number of rotatable bonds is 4. The van der Waals surface area contributed by atoms with Gasteiger partial charge in [0.2, 0.25) is 5.82 Å². The SMILES string of the molecule is CCOC(=O)C[C@H]1S[C@H](c2cccc3c2OCC3)c2cc(Cl)ccc2-n2c1nnc2C(F)(F)F.